The molecule has 1 saturated carbocycles. The molecule has 0 spiro atoms. The minimum Gasteiger partial charge on any atom is -0.376 e. The van der Waals surface area contributed by atoms with E-state index in [1.807, 2.05) is 14.2 Å². The molecule has 94 valence electrons. The van der Waals surface area contributed by atoms with E-state index in [1.165, 1.54) is 31.3 Å². The van der Waals surface area contributed by atoms with Crippen molar-refractivity contribution in [3.8, 4) is 0 Å². The molecule has 1 aliphatic carbocycles. The van der Waals surface area contributed by atoms with Crippen molar-refractivity contribution in [3.63, 3.8) is 0 Å². The first-order chi connectivity index (χ1) is 7.54. The van der Waals surface area contributed by atoms with E-state index in [9.17, 15) is 0 Å². The van der Waals surface area contributed by atoms with Gasteiger partial charge in [0.2, 0.25) is 0 Å². The van der Waals surface area contributed by atoms with E-state index in [0.717, 1.165) is 5.92 Å². The summed E-state index contributed by atoms with van der Waals surface area (Å²) in [6.07, 6.45) is 7.20. The molecule has 1 N–H and O–H groups in total. The summed E-state index contributed by atoms with van der Waals surface area (Å²) >= 11 is 0. The zero-order valence-corrected chi connectivity index (χ0v) is 11.5. The van der Waals surface area contributed by atoms with Crippen LogP contribution >= 0.6 is 0 Å². The number of hydrogen-bond acceptors (Lipinski definition) is 2. The first-order valence-corrected chi connectivity index (χ1v) is 6.41. The predicted octanol–water partition coefficient (Wildman–Crippen LogP) is 3.14. The Hall–Kier alpha value is -0.340. The van der Waals surface area contributed by atoms with Crippen LogP contribution in [0.1, 0.15) is 46.5 Å². The van der Waals surface area contributed by atoms with Gasteiger partial charge in [-0.15, -0.1) is 0 Å². The van der Waals surface area contributed by atoms with Crippen molar-refractivity contribution in [2.45, 2.75) is 58.1 Å². The molecule has 2 heteroatoms. The van der Waals surface area contributed by atoms with Gasteiger partial charge in [0, 0.05) is 7.11 Å². The summed E-state index contributed by atoms with van der Waals surface area (Å²) in [7, 11) is 3.89. The normalized spacial score (nSPS) is 32.2. The maximum absolute atomic E-state index is 5.87. The standard InChI is InChI=1S/C14H27NO/c1-11(2)10-13(15-4)14(16-5)8-6-12(3)7-9-14/h10,12-13,15H,6-9H2,1-5H3. The number of likely N-dealkylation sites (N-methyl/N-ethyl adjacent to an activating group) is 1. The van der Waals surface area contributed by atoms with Crippen LogP contribution in [0.5, 0.6) is 0 Å². The lowest BCUT2D eigenvalue weighted by Gasteiger charge is -2.43. The fourth-order valence-corrected chi connectivity index (χ4v) is 2.72. The van der Waals surface area contributed by atoms with Crippen molar-refractivity contribution in [2.24, 2.45) is 5.92 Å². The molecular formula is C14H27NO. The van der Waals surface area contributed by atoms with Crippen molar-refractivity contribution < 1.29 is 4.74 Å². The SMILES string of the molecule is CNC(C=C(C)C)C1(OC)CCC(C)CC1. The molecule has 1 atom stereocenters. The maximum atomic E-state index is 5.87. The minimum absolute atomic E-state index is 0.0124. The molecular weight excluding hydrogens is 198 g/mol. The van der Waals surface area contributed by atoms with Crippen molar-refractivity contribution in [3.05, 3.63) is 11.6 Å². The van der Waals surface area contributed by atoms with Crippen LogP contribution in [0.2, 0.25) is 0 Å². The van der Waals surface area contributed by atoms with Gasteiger partial charge in [0.25, 0.3) is 0 Å². The molecule has 0 aromatic rings. The molecule has 1 unspecified atom stereocenters. The summed E-state index contributed by atoms with van der Waals surface area (Å²) in [6.45, 7) is 6.65. The van der Waals surface area contributed by atoms with Gasteiger partial charge < -0.3 is 10.1 Å². The number of allylic oxidation sites excluding steroid dienone is 1. The lowest BCUT2D eigenvalue weighted by Crippen LogP contribution is -2.52. The van der Waals surface area contributed by atoms with Gasteiger partial charge in [-0.2, -0.15) is 0 Å². The van der Waals surface area contributed by atoms with Gasteiger partial charge in [0.05, 0.1) is 11.6 Å². The zero-order chi connectivity index (χ0) is 12.2. The molecule has 1 rings (SSSR count). The Labute approximate surface area is 100 Å². The van der Waals surface area contributed by atoms with Crippen LogP contribution in [0.3, 0.4) is 0 Å². The molecule has 0 radical (unpaired) electrons. The molecule has 0 bridgehead atoms. The Morgan fingerprint density at radius 2 is 1.94 bits per heavy atom. The van der Waals surface area contributed by atoms with Gasteiger partial charge in [-0.1, -0.05) is 18.6 Å². The van der Waals surface area contributed by atoms with Crippen molar-refractivity contribution >= 4 is 0 Å². The predicted molar refractivity (Wildman–Crippen MR) is 69.7 cm³/mol. The summed E-state index contributed by atoms with van der Waals surface area (Å²) in [4.78, 5) is 0. The number of ether oxygens (including phenoxy) is 1. The Morgan fingerprint density at radius 3 is 2.31 bits per heavy atom. The largest absolute Gasteiger partial charge is 0.376 e. The highest BCUT2D eigenvalue weighted by molar-refractivity contribution is 5.10. The lowest BCUT2D eigenvalue weighted by molar-refractivity contribution is -0.0624. The van der Waals surface area contributed by atoms with E-state index in [-0.39, 0.29) is 5.60 Å². The van der Waals surface area contributed by atoms with Crippen molar-refractivity contribution in [2.75, 3.05) is 14.2 Å². The van der Waals surface area contributed by atoms with Gasteiger partial charge in [-0.05, 0) is 52.5 Å². The second-order valence-electron chi connectivity index (χ2n) is 5.46. The fraction of sp³-hybridized carbons (Fsp3) is 0.857. The third-order valence-electron chi connectivity index (χ3n) is 3.90. The quantitative estimate of drug-likeness (QED) is 0.742. The van der Waals surface area contributed by atoms with Gasteiger partial charge in [-0.25, -0.2) is 0 Å². The molecule has 0 aliphatic heterocycles. The Kier molecular flexibility index (Phi) is 5.00. The van der Waals surface area contributed by atoms with E-state index >= 15 is 0 Å². The van der Waals surface area contributed by atoms with E-state index in [4.69, 9.17) is 4.74 Å². The first kappa shape index (κ1) is 13.7. The molecule has 0 aromatic heterocycles. The smallest absolute Gasteiger partial charge is 0.0866 e. The average molecular weight is 225 g/mol. The van der Waals surface area contributed by atoms with Gasteiger partial charge in [-0.3, -0.25) is 0 Å². The Bertz CT molecular complexity index is 235. The highest BCUT2D eigenvalue weighted by atomic mass is 16.5. The number of nitrogens with one attached hydrogen (secondary N) is 1. The van der Waals surface area contributed by atoms with Gasteiger partial charge >= 0.3 is 0 Å². The molecule has 0 aromatic carbocycles. The molecule has 2 nitrogen and oxygen atoms in total. The second kappa shape index (κ2) is 5.83. The van der Waals surface area contributed by atoms with Gasteiger partial charge in [0.1, 0.15) is 0 Å². The van der Waals surface area contributed by atoms with Crippen LogP contribution in [-0.4, -0.2) is 25.8 Å². The van der Waals surface area contributed by atoms with Crippen LogP contribution in [0.25, 0.3) is 0 Å². The van der Waals surface area contributed by atoms with Crippen LogP contribution in [0, 0.1) is 5.92 Å². The first-order valence-electron chi connectivity index (χ1n) is 6.41. The second-order valence-corrected chi connectivity index (χ2v) is 5.46. The van der Waals surface area contributed by atoms with Gasteiger partial charge in [0.15, 0.2) is 0 Å². The number of methoxy groups -OCH3 is 1. The number of hydrogen-bond donors (Lipinski definition) is 1. The summed E-state index contributed by atoms with van der Waals surface area (Å²) in [6, 6.07) is 0.343. The Balaban J connectivity index is 2.81. The van der Waals surface area contributed by atoms with E-state index in [0.29, 0.717) is 6.04 Å². The molecule has 1 fully saturated rings. The van der Waals surface area contributed by atoms with Crippen LogP contribution in [-0.2, 0) is 4.74 Å². The molecule has 0 amide bonds. The van der Waals surface area contributed by atoms with Crippen molar-refractivity contribution in [1.82, 2.24) is 5.32 Å². The third-order valence-corrected chi connectivity index (χ3v) is 3.90. The van der Waals surface area contributed by atoms with E-state index < -0.39 is 0 Å². The fourth-order valence-electron chi connectivity index (χ4n) is 2.72. The zero-order valence-electron chi connectivity index (χ0n) is 11.5. The third kappa shape index (κ3) is 3.08. The van der Waals surface area contributed by atoms with E-state index in [1.54, 1.807) is 0 Å². The topological polar surface area (TPSA) is 21.3 Å². The van der Waals surface area contributed by atoms with E-state index in [2.05, 4.69) is 32.2 Å². The highest BCUT2D eigenvalue weighted by Gasteiger charge is 2.39. The highest BCUT2D eigenvalue weighted by Crippen LogP contribution is 2.37. The van der Waals surface area contributed by atoms with Crippen LogP contribution < -0.4 is 5.32 Å². The molecule has 16 heavy (non-hydrogen) atoms. The molecule has 0 saturated heterocycles. The van der Waals surface area contributed by atoms with Crippen LogP contribution in [0.4, 0.5) is 0 Å². The summed E-state index contributed by atoms with van der Waals surface area (Å²) < 4.78 is 5.87. The maximum Gasteiger partial charge on any atom is 0.0866 e. The average Bonchev–Trinajstić information content (AvgIpc) is 2.27. The monoisotopic (exact) mass is 225 g/mol. The number of rotatable bonds is 4. The lowest BCUT2D eigenvalue weighted by atomic mass is 9.75. The summed E-state index contributed by atoms with van der Waals surface area (Å²) in [5.74, 6) is 0.854. The van der Waals surface area contributed by atoms with Crippen molar-refractivity contribution in [1.29, 1.82) is 0 Å². The summed E-state index contributed by atoms with van der Waals surface area (Å²) in [5, 5.41) is 3.41. The Morgan fingerprint density at radius 1 is 1.38 bits per heavy atom. The molecule has 1 aliphatic rings. The van der Waals surface area contributed by atoms with Crippen LogP contribution in [0.15, 0.2) is 11.6 Å². The summed E-state index contributed by atoms with van der Waals surface area (Å²) in [5.41, 5.74) is 1.37. The minimum atomic E-state index is 0.0124. The molecule has 0 heterocycles.